The quantitative estimate of drug-likeness (QED) is 0.799. The Morgan fingerprint density at radius 2 is 2.09 bits per heavy atom. The summed E-state index contributed by atoms with van der Waals surface area (Å²) >= 11 is 11.9. The van der Waals surface area contributed by atoms with Gasteiger partial charge >= 0.3 is 0 Å². The summed E-state index contributed by atoms with van der Waals surface area (Å²) in [6.07, 6.45) is 3.50. The fourth-order valence-corrected chi connectivity index (χ4v) is 2.73. The van der Waals surface area contributed by atoms with E-state index in [2.05, 4.69) is 9.97 Å². The molecule has 2 heterocycles. The molecule has 0 radical (unpaired) electrons. The van der Waals surface area contributed by atoms with Gasteiger partial charge in [0.05, 0.1) is 36.1 Å². The van der Waals surface area contributed by atoms with Gasteiger partial charge in [-0.25, -0.2) is 4.98 Å². The van der Waals surface area contributed by atoms with E-state index in [0.29, 0.717) is 26.5 Å². The van der Waals surface area contributed by atoms with Gasteiger partial charge in [-0.1, -0.05) is 29.3 Å². The molecule has 7 heteroatoms. The largest absolute Gasteiger partial charge is 0.386 e. The van der Waals surface area contributed by atoms with Gasteiger partial charge in [0, 0.05) is 21.8 Å². The molecule has 1 aromatic carbocycles. The number of nitrogens with zero attached hydrogens (tertiary/aromatic N) is 3. The van der Waals surface area contributed by atoms with Crippen molar-refractivity contribution >= 4 is 34.1 Å². The smallest absolute Gasteiger partial charge is 0.261 e. The van der Waals surface area contributed by atoms with E-state index in [9.17, 15) is 9.90 Å². The van der Waals surface area contributed by atoms with Crippen molar-refractivity contribution in [3.63, 3.8) is 0 Å². The molecule has 2 aromatic heterocycles. The van der Waals surface area contributed by atoms with Crippen LogP contribution in [0.2, 0.25) is 10.0 Å². The van der Waals surface area contributed by atoms with E-state index in [1.807, 2.05) is 0 Å². The molecule has 5 nitrogen and oxygen atoms in total. The summed E-state index contributed by atoms with van der Waals surface area (Å²) in [4.78, 5) is 20.4. The van der Waals surface area contributed by atoms with Crippen LogP contribution in [0.25, 0.3) is 10.9 Å². The van der Waals surface area contributed by atoms with E-state index < -0.39 is 6.10 Å². The van der Waals surface area contributed by atoms with Crippen molar-refractivity contribution in [3.8, 4) is 0 Å². The molecule has 3 rings (SSSR count). The predicted molar refractivity (Wildman–Crippen MR) is 85.2 cm³/mol. The zero-order valence-corrected chi connectivity index (χ0v) is 12.8. The van der Waals surface area contributed by atoms with Crippen LogP contribution in [-0.2, 0) is 6.54 Å². The van der Waals surface area contributed by atoms with E-state index in [4.69, 9.17) is 23.2 Å². The molecule has 22 heavy (non-hydrogen) atoms. The zero-order chi connectivity index (χ0) is 15.7. The molecule has 0 aliphatic carbocycles. The maximum absolute atomic E-state index is 12.4. The summed E-state index contributed by atoms with van der Waals surface area (Å²) < 4.78 is 1.35. The lowest BCUT2D eigenvalue weighted by Gasteiger charge is -2.14. The number of halogens is 2. The summed E-state index contributed by atoms with van der Waals surface area (Å²) in [5, 5.41) is 11.6. The number of fused-ring (bicyclic) bond motifs is 1. The molecule has 1 N–H and O–H groups in total. The molecule has 0 bridgehead atoms. The first-order chi connectivity index (χ1) is 10.6. The second-order valence-corrected chi connectivity index (χ2v) is 5.62. The minimum atomic E-state index is -0.941. The highest BCUT2D eigenvalue weighted by Crippen LogP contribution is 2.27. The average Bonchev–Trinajstić information content (AvgIpc) is 2.50. The van der Waals surface area contributed by atoms with E-state index in [1.165, 1.54) is 23.3 Å². The fraction of sp³-hybridized carbons (Fsp3) is 0.133. The van der Waals surface area contributed by atoms with E-state index in [-0.39, 0.29) is 12.1 Å². The van der Waals surface area contributed by atoms with Crippen molar-refractivity contribution in [2.75, 3.05) is 0 Å². The first-order valence-electron chi connectivity index (χ1n) is 6.48. The Kier molecular flexibility index (Phi) is 4.11. The number of hydrogen-bond acceptors (Lipinski definition) is 4. The Bertz CT molecular complexity index is 895. The molecule has 0 spiro atoms. The van der Waals surface area contributed by atoms with Gasteiger partial charge in [-0.2, -0.15) is 0 Å². The van der Waals surface area contributed by atoms with Gasteiger partial charge in [0.2, 0.25) is 0 Å². The van der Waals surface area contributed by atoms with Crippen LogP contribution >= 0.6 is 23.2 Å². The zero-order valence-electron chi connectivity index (χ0n) is 11.3. The topological polar surface area (TPSA) is 68.0 Å². The Morgan fingerprint density at radius 3 is 2.86 bits per heavy atom. The van der Waals surface area contributed by atoms with Crippen molar-refractivity contribution in [1.29, 1.82) is 0 Å². The highest BCUT2D eigenvalue weighted by atomic mass is 35.5. The number of aliphatic hydroxyl groups excluding tert-OH is 1. The maximum Gasteiger partial charge on any atom is 0.261 e. The standard InChI is InChI=1S/C15H11Cl2N3O2/c16-9-1-2-10(12(17)5-9)14(21)7-20-8-19-13-6-18-4-3-11(13)15(20)22/h1-6,8,14,21H,7H2/t14-/m1/s1. The SMILES string of the molecule is O=c1c2ccncc2ncn1C[C@@H](O)c1ccc(Cl)cc1Cl. The molecule has 0 unspecified atom stereocenters. The third kappa shape index (κ3) is 2.83. The molecule has 0 aliphatic rings. The van der Waals surface area contributed by atoms with Gasteiger partial charge in [-0.15, -0.1) is 0 Å². The highest BCUT2D eigenvalue weighted by molar-refractivity contribution is 6.35. The Hall–Kier alpha value is -1.95. The number of aliphatic hydroxyl groups is 1. The summed E-state index contributed by atoms with van der Waals surface area (Å²) in [6, 6.07) is 6.43. The normalized spacial score (nSPS) is 12.5. The van der Waals surface area contributed by atoms with Crippen LogP contribution in [0.15, 0.2) is 47.8 Å². The first kappa shape index (κ1) is 15.0. The minimum absolute atomic E-state index is 0.0471. The van der Waals surface area contributed by atoms with Crippen LogP contribution in [0.3, 0.4) is 0 Å². The molecule has 112 valence electrons. The van der Waals surface area contributed by atoms with Gasteiger partial charge in [-0.3, -0.25) is 14.3 Å². The Labute approximate surface area is 135 Å². The van der Waals surface area contributed by atoms with Crippen LogP contribution < -0.4 is 5.56 Å². The number of benzene rings is 1. The van der Waals surface area contributed by atoms with Gasteiger partial charge in [0.1, 0.15) is 0 Å². The molecular formula is C15H11Cl2N3O2. The predicted octanol–water partition coefficient (Wildman–Crippen LogP) is 2.83. The van der Waals surface area contributed by atoms with Crippen molar-refractivity contribution < 1.29 is 5.11 Å². The molecule has 0 fully saturated rings. The molecule has 3 aromatic rings. The fourth-order valence-electron chi connectivity index (χ4n) is 2.20. The van der Waals surface area contributed by atoms with Gasteiger partial charge < -0.3 is 5.11 Å². The van der Waals surface area contributed by atoms with Crippen LogP contribution in [-0.4, -0.2) is 19.6 Å². The van der Waals surface area contributed by atoms with Crippen molar-refractivity contribution in [3.05, 3.63) is 68.9 Å². The Balaban J connectivity index is 1.96. The lowest BCUT2D eigenvalue weighted by Crippen LogP contribution is -2.24. The maximum atomic E-state index is 12.4. The van der Waals surface area contributed by atoms with Crippen LogP contribution in [0.4, 0.5) is 0 Å². The third-order valence-electron chi connectivity index (χ3n) is 3.32. The van der Waals surface area contributed by atoms with Crippen LogP contribution in [0.1, 0.15) is 11.7 Å². The summed E-state index contributed by atoms with van der Waals surface area (Å²) in [6.45, 7) is 0.0471. The molecule has 1 atom stereocenters. The molecule has 0 saturated heterocycles. The van der Waals surface area contributed by atoms with Gasteiger partial charge in [0.15, 0.2) is 0 Å². The molecule has 0 saturated carbocycles. The summed E-state index contributed by atoms with van der Waals surface area (Å²) in [5.41, 5.74) is 0.784. The monoisotopic (exact) mass is 335 g/mol. The van der Waals surface area contributed by atoms with Crippen LogP contribution in [0, 0.1) is 0 Å². The summed E-state index contributed by atoms with van der Waals surface area (Å²) in [5.74, 6) is 0. The van der Waals surface area contributed by atoms with E-state index in [0.717, 1.165) is 0 Å². The minimum Gasteiger partial charge on any atom is -0.386 e. The second kappa shape index (κ2) is 6.04. The second-order valence-electron chi connectivity index (χ2n) is 4.78. The molecular weight excluding hydrogens is 325 g/mol. The Morgan fingerprint density at radius 1 is 1.27 bits per heavy atom. The molecule has 0 amide bonds. The van der Waals surface area contributed by atoms with Crippen molar-refractivity contribution in [2.24, 2.45) is 0 Å². The first-order valence-corrected chi connectivity index (χ1v) is 7.24. The number of aromatic nitrogens is 3. The lowest BCUT2D eigenvalue weighted by molar-refractivity contribution is 0.155. The van der Waals surface area contributed by atoms with Crippen molar-refractivity contribution in [1.82, 2.24) is 14.5 Å². The molecule has 0 aliphatic heterocycles. The number of hydrogen-bond donors (Lipinski definition) is 1. The van der Waals surface area contributed by atoms with E-state index in [1.54, 1.807) is 24.3 Å². The lowest BCUT2D eigenvalue weighted by atomic mass is 10.1. The van der Waals surface area contributed by atoms with Crippen LogP contribution in [0.5, 0.6) is 0 Å². The van der Waals surface area contributed by atoms with E-state index >= 15 is 0 Å². The third-order valence-corrected chi connectivity index (χ3v) is 3.88. The number of pyridine rings is 1. The highest BCUT2D eigenvalue weighted by Gasteiger charge is 2.14. The number of rotatable bonds is 3. The van der Waals surface area contributed by atoms with Gasteiger partial charge in [-0.05, 0) is 18.2 Å². The van der Waals surface area contributed by atoms with Gasteiger partial charge in [0.25, 0.3) is 5.56 Å². The average molecular weight is 336 g/mol. The summed E-state index contributed by atoms with van der Waals surface area (Å²) in [7, 11) is 0. The van der Waals surface area contributed by atoms with Crippen molar-refractivity contribution in [2.45, 2.75) is 12.6 Å².